The molecule has 5 heteroatoms. The summed E-state index contributed by atoms with van der Waals surface area (Å²) in [6.07, 6.45) is 6.32. The summed E-state index contributed by atoms with van der Waals surface area (Å²) in [5.41, 5.74) is 2.30. The molecule has 0 radical (unpaired) electrons. The van der Waals surface area contributed by atoms with Crippen LogP contribution in [0.5, 0.6) is 5.75 Å². The van der Waals surface area contributed by atoms with E-state index in [1.165, 1.54) is 12.8 Å². The quantitative estimate of drug-likeness (QED) is 0.860. The van der Waals surface area contributed by atoms with E-state index in [0.29, 0.717) is 12.6 Å². The van der Waals surface area contributed by atoms with Crippen molar-refractivity contribution in [2.75, 3.05) is 7.05 Å². The van der Waals surface area contributed by atoms with Crippen LogP contribution >= 0.6 is 15.9 Å². The van der Waals surface area contributed by atoms with Crippen LogP contribution in [-0.2, 0) is 6.61 Å². The van der Waals surface area contributed by atoms with Gasteiger partial charge >= 0.3 is 0 Å². The van der Waals surface area contributed by atoms with Gasteiger partial charge in [0.05, 0.1) is 18.2 Å². The number of nitrogens with zero attached hydrogens (tertiary/aromatic N) is 2. The molecule has 1 aliphatic carbocycles. The second kappa shape index (κ2) is 6.20. The minimum atomic E-state index is 0.251. The van der Waals surface area contributed by atoms with E-state index in [4.69, 9.17) is 4.74 Å². The number of aromatic nitrogens is 2. The third-order valence-electron chi connectivity index (χ3n) is 3.94. The van der Waals surface area contributed by atoms with Crippen LogP contribution in [0.25, 0.3) is 0 Å². The molecule has 1 saturated carbocycles. The lowest BCUT2D eigenvalue weighted by Crippen LogP contribution is -2.14. The van der Waals surface area contributed by atoms with E-state index < -0.39 is 0 Å². The van der Waals surface area contributed by atoms with Gasteiger partial charge in [-0.3, -0.25) is 0 Å². The smallest absolute Gasteiger partial charge is 0.130 e. The van der Waals surface area contributed by atoms with Crippen LogP contribution in [-0.4, -0.2) is 16.6 Å². The Labute approximate surface area is 133 Å². The van der Waals surface area contributed by atoms with Gasteiger partial charge in [0.25, 0.3) is 0 Å². The van der Waals surface area contributed by atoms with Crippen molar-refractivity contribution < 1.29 is 4.74 Å². The van der Waals surface area contributed by atoms with E-state index >= 15 is 0 Å². The third-order valence-corrected chi connectivity index (χ3v) is 4.43. The Hall–Kier alpha value is -1.33. The largest absolute Gasteiger partial charge is 0.487 e. The Bertz CT molecular complexity index is 622. The van der Waals surface area contributed by atoms with Crippen molar-refractivity contribution in [3.05, 3.63) is 46.5 Å². The van der Waals surface area contributed by atoms with Gasteiger partial charge in [-0.05, 0) is 38.9 Å². The first-order valence-corrected chi connectivity index (χ1v) is 8.08. The number of nitrogens with one attached hydrogen (secondary N) is 1. The van der Waals surface area contributed by atoms with Crippen LogP contribution in [0.1, 0.15) is 43.1 Å². The molecule has 2 aromatic rings. The fourth-order valence-electron chi connectivity index (χ4n) is 2.42. The lowest BCUT2D eigenvalue weighted by molar-refractivity contribution is 0.289. The standard InChI is InChI=1S/C16H20BrN3O/c1-11(18-2)15-6-3-12(17)7-16(15)21-9-14-8-19-10-20(14)13-4-5-13/h3,6-8,10-11,13,18H,4-5,9H2,1-2H3. The first-order valence-electron chi connectivity index (χ1n) is 7.29. The van der Waals surface area contributed by atoms with Gasteiger partial charge in [-0.25, -0.2) is 4.98 Å². The molecule has 4 nitrogen and oxygen atoms in total. The molecule has 1 unspecified atom stereocenters. The maximum atomic E-state index is 6.07. The van der Waals surface area contributed by atoms with E-state index in [-0.39, 0.29) is 6.04 Å². The SMILES string of the molecule is CNC(C)c1ccc(Br)cc1OCc1cncn1C1CC1. The molecular formula is C16H20BrN3O. The van der Waals surface area contributed by atoms with E-state index in [0.717, 1.165) is 21.5 Å². The molecule has 0 saturated heterocycles. The Kier molecular flexibility index (Phi) is 4.31. The highest BCUT2D eigenvalue weighted by molar-refractivity contribution is 9.10. The highest BCUT2D eigenvalue weighted by atomic mass is 79.9. The molecular weight excluding hydrogens is 330 g/mol. The second-order valence-electron chi connectivity index (χ2n) is 5.50. The Balaban J connectivity index is 1.77. The molecule has 1 aromatic carbocycles. The number of rotatable bonds is 6. The lowest BCUT2D eigenvalue weighted by atomic mass is 10.1. The van der Waals surface area contributed by atoms with Crippen LogP contribution in [0, 0.1) is 0 Å². The fourth-order valence-corrected chi connectivity index (χ4v) is 2.76. The summed E-state index contributed by atoms with van der Waals surface area (Å²) in [6.45, 7) is 2.68. The predicted octanol–water partition coefficient (Wildman–Crippen LogP) is 3.84. The topological polar surface area (TPSA) is 39.1 Å². The number of hydrogen-bond acceptors (Lipinski definition) is 3. The zero-order chi connectivity index (χ0) is 14.8. The van der Waals surface area contributed by atoms with Gasteiger partial charge in [-0.1, -0.05) is 22.0 Å². The van der Waals surface area contributed by atoms with Crippen LogP contribution < -0.4 is 10.1 Å². The summed E-state index contributed by atoms with van der Waals surface area (Å²) in [6, 6.07) is 7.05. The monoisotopic (exact) mass is 349 g/mol. The number of imidazole rings is 1. The van der Waals surface area contributed by atoms with Gasteiger partial charge in [0.1, 0.15) is 12.4 Å². The van der Waals surface area contributed by atoms with Gasteiger partial charge in [0.15, 0.2) is 0 Å². The zero-order valence-corrected chi connectivity index (χ0v) is 13.9. The zero-order valence-electron chi connectivity index (χ0n) is 12.3. The molecule has 3 rings (SSSR count). The maximum absolute atomic E-state index is 6.07. The van der Waals surface area contributed by atoms with Crippen molar-refractivity contribution in [2.24, 2.45) is 0 Å². The maximum Gasteiger partial charge on any atom is 0.130 e. The van der Waals surface area contributed by atoms with Crippen LogP contribution in [0.3, 0.4) is 0 Å². The molecule has 0 bridgehead atoms. The minimum absolute atomic E-state index is 0.251. The van der Waals surface area contributed by atoms with Crippen molar-refractivity contribution in [1.29, 1.82) is 0 Å². The average Bonchev–Trinajstić information content (AvgIpc) is 3.23. The van der Waals surface area contributed by atoms with Gasteiger partial charge in [-0.15, -0.1) is 0 Å². The van der Waals surface area contributed by atoms with Crippen LogP contribution in [0.4, 0.5) is 0 Å². The predicted molar refractivity (Wildman–Crippen MR) is 86.4 cm³/mol. The Morgan fingerprint density at radius 1 is 1.48 bits per heavy atom. The molecule has 1 heterocycles. The van der Waals surface area contributed by atoms with Crippen LogP contribution in [0.15, 0.2) is 35.2 Å². The van der Waals surface area contributed by atoms with Gasteiger partial charge < -0.3 is 14.6 Å². The highest BCUT2D eigenvalue weighted by Crippen LogP contribution is 2.36. The van der Waals surface area contributed by atoms with E-state index in [1.807, 2.05) is 31.7 Å². The third kappa shape index (κ3) is 3.30. The van der Waals surface area contributed by atoms with Crippen molar-refractivity contribution in [1.82, 2.24) is 14.9 Å². The molecule has 0 amide bonds. The van der Waals surface area contributed by atoms with Crippen molar-refractivity contribution >= 4 is 15.9 Å². The van der Waals surface area contributed by atoms with E-state index in [2.05, 4.69) is 43.8 Å². The van der Waals surface area contributed by atoms with Crippen molar-refractivity contribution in [3.8, 4) is 5.75 Å². The number of halogens is 1. The summed E-state index contributed by atoms with van der Waals surface area (Å²) < 4.78 is 9.34. The van der Waals surface area contributed by atoms with Gasteiger partial charge in [0.2, 0.25) is 0 Å². The molecule has 1 atom stereocenters. The van der Waals surface area contributed by atoms with Gasteiger partial charge in [0, 0.05) is 22.1 Å². The fraction of sp³-hybridized carbons (Fsp3) is 0.438. The number of ether oxygens (including phenoxy) is 1. The minimum Gasteiger partial charge on any atom is -0.487 e. The summed E-state index contributed by atoms with van der Waals surface area (Å²) in [4.78, 5) is 4.25. The Morgan fingerprint density at radius 3 is 3.00 bits per heavy atom. The average molecular weight is 350 g/mol. The summed E-state index contributed by atoms with van der Waals surface area (Å²) in [5, 5.41) is 3.26. The van der Waals surface area contributed by atoms with Gasteiger partial charge in [-0.2, -0.15) is 0 Å². The first kappa shape index (κ1) is 14.6. The molecule has 21 heavy (non-hydrogen) atoms. The molecule has 0 aliphatic heterocycles. The van der Waals surface area contributed by atoms with E-state index in [1.54, 1.807) is 0 Å². The van der Waals surface area contributed by atoms with Crippen molar-refractivity contribution in [3.63, 3.8) is 0 Å². The summed E-state index contributed by atoms with van der Waals surface area (Å²) in [7, 11) is 1.96. The number of hydrogen-bond donors (Lipinski definition) is 1. The Morgan fingerprint density at radius 2 is 2.29 bits per heavy atom. The number of benzene rings is 1. The van der Waals surface area contributed by atoms with E-state index in [9.17, 15) is 0 Å². The molecule has 1 N–H and O–H groups in total. The molecule has 1 aliphatic rings. The molecule has 0 spiro atoms. The summed E-state index contributed by atoms with van der Waals surface area (Å²) >= 11 is 3.52. The van der Waals surface area contributed by atoms with Crippen molar-refractivity contribution in [2.45, 2.75) is 38.5 Å². The highest BCUT2D eigenvalue weighted by Gasteiger charge is 2.25. The first-order chi connectivity index (χ1) is 10.2. The summed E-state index contributed by atoms with van der Waals surface area (Å²) in [5.74, 6) is 0.912. The molecule has 1 fully saturated rings. The molecule has 1 aromatic heterocycles. The second-order valence-corrected chi connectivity index (χ2v) is 6.42. The normalized spacial score (nSPS) is 16.0. The molecule has 112 valence electrons. The lowest BCUT2D eigenvalue weighted by Gasteiger charge is -2.17. The van der Waals surface area contributed by atoms with Crippen LogP contribution in [0.2, 0.25) is 0 Å².